The fourth-order valence-electron chi connectivity index (χ4n) is 6.93. The number of nitrogens with zero attached hydrogens (tertiary/aromatic N) is 1. The van der Waals surface area contributed by atoms with E-state index in [-0.39, 0.29) is 17.3 Å². The Morgan fingerprint density at radius 1 is 0.927 bits per heavy atom. The van der Waals surface area contributed by atoms with Crippen LogP contribution in [-0.4, -0.2) is 43.7 Å². The van der Waals surface area contributed by atoms with E-state index in [9.17, 15) is 14.4 Å². The molecule has 8 heteroatoms. The highest BCUT2D eigenvalue weighted by Crippen LogP contribution is 2.62. The second-order valence-electron chi connectivity index (χ2n) is 10.4. The minimum Gasteiger partial charge on any atom is -0.497 e. The summed E-state index contributed by atoms with van der Waals surface area (Å²) in [7, 11) is 3.09. The number of thiophene rings is 1. The highest BCUT2D eigenvalue weighted by Gasteiger charge is 2.72. The third-order valence-electron chi connectivity index (χ3n) is 8.57. The molecule has 3 atom stereocenters. The van der Waals surface area contributed by atoms with Gasteiger partial charge in [0.05, 0.1) is 25.1 Å². The molecule has 41 heavy (non-hydrogen) atoms. The zero-order valence-electron chi connectivity index (χ0n) is 22.2. The van der Waals surface area contributed by atoms with Crippen molar-refractivity contribution < 1.29 is 23.9 Å². The van der Waals surface area contributed by atoms with Gasteiger partial charge < -0.3 is 14.4 Å². The average Bonchev–Trinajstić information content (AvgIpc) is 3.70. The molecule has 1 aliphatic carbocycles. The number of benzene rings is 3. The number of hydrogen-bond acceptors (Lipinski definition) is 7. The third kappa shape index (κ3) is 3.46. The first-order valence-corrected chi connectivity index (χ1v) is 14.4. The highest BCUT2D eigenvalue weighted by atomic mass is 35.5. The van der Waals surface area contributed by atoms with Crippen LogP contribution in [-0.2, 0) is 0 Å². The predicted octanol–water partition coefficient (Wildman–Crippen LogP) is 6.74. The van der Waals surface area contributed by atoms with E-state index in [1.54, 1.807) is 55.6 Å². The van der Waals surface area contributed by atoms with Gasteiger partial charge >= 0.3 is 0 Å². The van der Waals surface area contributed by atoms with Crippen LogP contribution in [0.4, 0.5) is 5.69 Å². The maximum Gasteiger partial charge on any atom is 0.195 e. The van der Waals surface area contributed by atoms with Gasteiger partial charge in [-0.15, -0.1) is 11.3 Å². The lowest BCUT2D eigenvalue weighted by atomic mass is 9.64. The van der Waals surface area contributed by atoms with Gasteiger partial charge in [-0.25, -0.2) is 0 Å². The minimum atomic E-state index is -1.61. The average molecular weight is 582 g/mol. The summed E-state index contributed by atoms with van der Waals surface area (Å²) in [5.41, 5.74) is 1.27. The van der Waals surface area contributed by atoms with E-state index in [1.807, 2.05) is 46.7 Å². The SMILES string of the molecule is COc1ccc([C@H]2[C@H](C(=O)c3cccs3)N3c4ccc(Cl)cc4C=C[C@H]3C23C(=O)c2ccccc2C3=O)c(OC)c1. The van der Waals surface area contributed by atoms with Crippen LogP contribution in [0, 0.1) is 5.41 Å². The molecule has 204 valence electrons. The summed E-state index contributed by atoms with van der Waals surface area (Å²) >= 11 is 7.70. The molecule has 0 radical (unpaired) electrons. The van der Waals surface area contributed by atoms with Crippen molar-refractivity contribution in [2.24, 2.45) is 5.41 Å². The molecule has 0 amide bonds. The van der Waals surface area contributed by atoms with Crippen molar-refractivity contribution in [1.29, 1.82) is 0 Å². The van der Waals surface area contributed by atoms with Gasteiger partial charge in [-0.1, -0.05) is 60.2 Å². The molecular weight excluding hydrogens is 558 g/mol. The van der Waals surface area contributed by atoms with Crippen LogP contribution in [0.25, 0.3) is 6.08 Å². The van der Waals surface area contributed by atoms with E-state index in [0.717, 1.165) is 11.3 Å². The Labute approximate surface area is 245 Å². The number of rotatable bonds is 5. The molecule has 3 aliphatic rings. The molecule has 1 spiro atoms. The number of ketones is 3. The summed E-state index contributed by atoms with van der Waals surface area (Å²) in [4.78, 5) is 46.6. The summed E-state index contributed by atoms with van der Waals surface area (Å²) < 4.78 is 11.3. The first-order chi connectivity index (χ1) is 19.9. The van der Waals surface area contributed by atoms with E-state index in [0.29, 0.717) is 38.1 Å². The molecule has 0 N–H and O–H groups in total. The Balaban J connectivity index is 1.57. The fourth-order valence-corrected chi connectivity index (χ4v) is 7.81. The Morgan fingerprint density at radius 2 is 1.68 bits per heavy atom. The topological polar surface area (TPSA) is 72.9 Å². The number of methoxy groups -OCH3 is 2. The number of Topliss-reactive ketones (excluding diaryl/α,β-unsaturated/α-hetero) is 3. The molecule has 4 aromatic rings. The molecule has 1 fully saturated rings. The number of hydrogen-bond donors (Lipinski definition) is 0. The standard InChI is InChI=1S/C33H24ClNO5S/c1-39-20-11-12-23(25(17-20)40-2)28-29(30(36)26-8-5-15-41-26)35-24-13-10-19(34)16-18(24)9-14-27(35)33(28)31(37)21-6-3-4-7-22(21)32(33)38/h3-17,27-29H,1-2H3/t27-,28-,29+/m0/s1. The van der Waals surface area contributed by atoms with Crippen molar-refractivity contribution in [3.8, 4) is 11.5 Å². The summed E-state index contributed by atoms with van der Waals surface area (Å²) in [5.74, 6) is -0.628. The molecule has 2 aliphatic heterocycles. The molecule has 7 rings (SSSR count). The van der Waals surface area contributed by atoms with Crippen LogP contribution >= 0.6 is 22.9 Å². The van der Waals surface area contributed by atoms with E-state index < -0.39 is 23.4 Å². The van der Waals surface area contributed by atoms with Gasteiger partial charge in [0.15, 0.2) is 17.3 Å². The Morgan fingerprint density at radius 3 is 2.34 bits per heavy atom. The van der Waals surface area contributed by atoms with E-state index >= 15 is 0 Å². The Hall–Kier alpha value is -4.20. The van der Waals surface area contributed by atoms with Crippen LogP contribution in [0.2, 0.25) is 5.02 Å². The lowest BCUT2D eigenvalue weighted by Crippen LogP contribution is -2.48. The van der Waals surface area contributed by atoms with E-state index in [4.69, 9.17) is 21.1 Å². The van der Waals surface area contributed by atoms with Crippen LogP contribution in [0.1, 0.15) is 47.4 Å². The zero-order valence-corrected chi connectivity index (χ0v) is 23.7. The molecule has 3 aromatic carbocycles. The van der Waals surface area contributed by atoms with Crippen molar-refractivity contribution in [2.75, 3.05) is 19.1 Å². The van der Waals surface area contributed by atoms with Gasteiger partial charge in [0.1, 0.15) is 23.0 Å². The first kappa shape index (κ1) is 25.7. The summed E-state index contributed by atoms with van der Waals surface area (Å²) in [6.45, 7) is 0. The van der Waals surface area contributed by atoms with E-state index in [2.05, 4.69) is 0 Å². The normalized spacial score (nSPS) is 21.5. The van der Waals surface area contributed by atoms with Crippen molar-refractivity contribution >= 4 is 52.1 Å². The molecule has 6 nitrogen and oxygen atoms in total. The number of ether oxygens (including phenoxy) is 2. The van der Waals surface area contributed by atoms with Crippen molar-refractivity contribution in [1.82, 2.24) is 0 Å². The predicted molar refractivity (Wildman–Crippen MR) is 159 cm³/mol. The highest BCUT2D eigenvalue weighted by molar-refractivity contribution is 7.12. The van der Waals surface area contributed by atoms with Crippen LogP contribution < -0.4 is 14.4 Å². The smallest absolute Gasteiger partial charge is 0.195 e. The van der Waals surface area contributed by atoms with Crippen molar-refractivity contribution in [2.45, 2.75) is 18.0 Å². The van der Waals surface area contributed by atoms with Crippen LogP contribution in [0.5, 0.6) is 11.5 Å². The number of carbonyl (C=O) groups is 3. The lowest BCUT2D eigenvalue weighted by Gasteiger charge is -2.37. The van der Waals surface area contributed by atoms with Gasteiger partial charge in [0, 0.05) is 39.4 Å². The lowest BCUT2D eigenvalue weighted by molar-refractivity contribution is 0.0665. The molecule has 1 aromatic heterocycles. The van der Waals surface area contributed by atoms with E-state index in [1.165, 1.54) is 18.4 Å². The van der Waals surface area contributed by atoms with Gasteiger partial charge in [-0.3, -0.25) is 14.4 Å². The van der Waals surface area contributed by atoms with Crippen LogP contribution in [0.15, 0.2) is 84.3 Å². The summed E-state index contributed by atoms with van der Waals surface area (Å²) in [6, 6.07) is 19.7. The largest absolute Gasteiger partial charge is 0.497 e. The van der Waals surface area contributed by atoms with Gasteiger partial charge in [-0.2, -0.15) is 0 Å². The van der Waals surface area contributed by atoms with Gasteiger partial charge in [0.25, 0.3) is 0 Å². The molecule has 0 saturated carbocycles. The number of fused-ring (bicyclic) bond motifs is 5. The molecule has 1 saturated heterocycles. The second kappa shape index (κ2) is 9.43. The number of anilines is 1. The Bertz CT molecular complexity index is 1740. The maximum absolute atomic E-state index is 14.7. The summed E-state index contributed by atoms with van der Waals surface area (Å²) in [5, 5.41) is 2.40. The van der Waals surface area contributed by atoms with Gasteiger partial charge in [-0.05, 0) is 41.3 Å². The quantitative estimate of drug-likeness (QED) is 0.192. The number of halogens is 1. The van der Waals surface area contributed by atoms with Gasteiger partial charge in [0.2, 0.25) is 0 Å². The van der Waals surface area contributed by atoms with Crippen LogP contribution in [0.3, 0.4) is 0 Å². The molecule has 0 bridgehead atoms. The second-order valence-corrected chi connectivity index (χ2v) is 11.7. The fraction of sp³-hybridized carbons (Fsp3) is 0.182. The molecular formula is C33H24ClNO5S. The first-order valence-electron chi connectivity index (χ1n) is 13.2. The maximum atomic E-state index is 14.7. The molecule has 3 heterocycles. The number of carbonyl (C=O) groups excluding carboxylic acids is 3. The monoisotopic (exact) mass is 581 g/mol. The van der Waals surface area contributed by atoms with Crippen molar-refractivity contribution in [3.05, 3.63) is 116 Å². The Kier molecular flexibility index (Phi) is 5.92. The van der Waals surface area contributed by atoms with Crippen molar-refractivity contribution in [3.63, 3.8) is 0 Å². The third-order valence-corrected chi connectivity index (χ3v) is 9.69. The zero-order chi connectivity index (χ0) is 28.5. The molecule has 0 unspecified atom stereocenters. The summed E-state index contributed by atoms with van der Waals surface area (Å²) in [6.07, 6.45) is 3.78. The minimum absolute atomic E-state index is 0.169.